The second-order valence-electron chi connectivity index (χ2n) is 6.35. The third-order valence-electron chi connectivity index (χ3n) is 3.82. The maximum atomic E-state index is 12.3. The Balaban J connectivity index is 2.71. The molecule has 4 atom stereocenters. The summed E-state index contributed by atoms with van der Waals surface area (Å²) in [5.74, 6) is -5.11. The number of imidazole rings is 1. The molecule has 0 spiro atoms. The predicted molar refractivity (Wildman–Crippen MR) is 97.3 cm³/mol. The van der Waals surface area contributed by atoms with Crippen molar-refractivity contribution >= 4 is 29.7 Å². The molecule has 0 saturated heterocycles. The summed E-state index contributed by atoms with van der Waals surface area (Å²) in [5.41, 5.74) is 6.34. The average molecular weight is 412 g/mol. The predicted octanol–water partition coefficient (Wildman–Crippen LogP) is -2.67. The fourth-order valence-electron chi connectivity index (χ4n) is 2.17. The lowest BCUT2D eigenvalue weighted by molar-refractivity contribution is -0.142. The Morgan fingerprint density at radius 2 is 1.66 bits per heavy atom. The van der Waals surface area contributed by atoms with Crippen molar-refractivity contribution in [2.45, 2.75) is 50.9 Å². The standard InChI is InChI=1S/C16H24N6O7/c1-7(13(25)21-8(2)16(28)29)20-15(27)11(4-12(23)24)22-14(26)10(17)3-9-5-18-6-19-9/h5-8,10-11H,3-4,17H2,1-2H3,(H,18,19)(H,20,27)(H,21,25)(H,22,26)(H,23,24)(H,28,29). The topological polar surface area (TPSA) is 217 Å². The van der Waals surface area contributed by atoms with E-state index in [9.17, 15) is 24.0 Å². The molecule has 0 saturated carbocycles. The number of nitrogens with two attached hydrogens (primary N) is 1. The quantitative estimate of drug-likeness (QED) is 0.201. The fraction of sp³-hybridized carbons (Fsp3) is 0.500. The van der Waals surface area contributed by atoms with Crippen LogP contribution in [-0.2, 0) is 30.4 Å². The first-order valence-corrected chi connectivity index (χ1v) is 8.59. The van der Waals surface area contributed by atoms with Crippen molar-refractivity contribution in [2.75, 3.05) is 0 Å². The number of aliphatic carboxylic acids is 2. The van der Waals surface area contributed by atoms with E-state index in [0.29, 0.717) is 5.69 Å². The van der Waals surface area contributed by atoms with Crippen LogP contribution in [0.1, 0.15) is 26.0 Å². The van der Waals surface area contributed by atoms with E-state index >= 15 is 0 Å². The van der Waals surface area contributed by atoms with E-state index in [-0.39, 0.29) is 6.42 Å². The summed E-state index contributed by atoms with van der Waals surface area (Å²) in [5, 5.41) is 24.4. The molecule has 0 aromatic carbocycles. The van der Waals surface area contributed by atoms with Gasteiger partial charge in [-0.3, -0.25) is 24.0 Å². The molecule has 1 rings (SSSR count). The largest absolute Gasteiger partial charge is 0.481 e. The minimum absolute atomic E-state index is 0.0825. The molecule has 160 valence electrons. The molecular formula is C16H24N6O7. The lowest BCUT2D eigenvalue weighted by Gasteiger charge is -2.22. The van der Waals surface area contributed by atoms with Gasteiger partial charge in [0.05, 0.1) is 18.8 Å². The van der Waals surface area contributed by atoms with Crippen LogP contribution in [0.3, 0.4) is 0 Å². The third kappa shape index (κ3) is 7.96. The van der Waals surface area contributed by atoms with E-state index in [2.05, 4.69) is 25.9 Å². The van der Waals surface area contributed by atoms with E-state index in [0.717, 1.165) is 0 Å². The Labute approximate surface area is 165 Å². The molecule has 1 heterocycles. The van der Waals surface area contributed by atoms with Crippen LogP contribution in [0.5, 0.6) is 0 Å². The van der Waals surface area contributed by atoms with Crippen LogP contribution in [0.2, 0.25) is 0 Å². The number of carboxylic acids is 2. The summed E-state index contributed by atoms with van der Waals surface area (Å²) in [7, 11) is 0. The molecular weight excluding hydrogens is 388 g/mol. The summed E-state index contributed by atoms with van der Waals surface area (Å²) in [6, 6.07) is -4.91. The maximum Gasteiger partial charge on any atom is 0.325 e. The summed E-state index contributed by atoms with van der Waals surface area (Å²) in [4.78, 5) is 64.9. The molecule has 13 nitrogen and oxygen atoms in total. The SMILES string of the molecule is CC(NC(=O)C(C)NC(=O)C(CC(=O)O)NC(=O)C(N)Cc1cnc[nH]1)C(=O)O. The molecule has 8 N–H and O–H groups in total. The van der Waals surface area contributed by atoms with Crippen molar-refractivity contribution in [1.82, 2.24) is 25.9 Å². The number of hydrogen-bond acceptors (Lipinski definition) is 7. The smallest absolute Gasteiger partial charge is 0.325 e. The highest BCUT2D eigenvalue weighted by Gasteiger charge is 2.29. The number of hydrogen-bond donors (Lipinski definition) is 7. The number of amides is 3. The lowest BCUT2D eigenvalue weighted by Crippen LogP contribution is -2.56. The summed E-state index contributed by atoms with van der Waals surface area (Å²) < 4.78 is 0. The van der Waals surface area contributed by atoms with Crippen molar-refractivity contribution in [3.8, 4) is 0 Å². The zero-order valence-corrected chi connectivity index (χ0v) is 15.8. The van der Waals surface area contributed by atoms with Crippen LogP contribution in [-0.4, -0.2) is 74.0 Å². The number of carboxylic acid groups (broad SMARTS) is 2. The van der Waals surface area contributed by atoms with Gasteiger partial charge in [0.25, 0.3) is 0 Å². The third-order valence-corrected chi connectivity index (χ3v) is 3.82. The van der Waals surface area contributed by atoms with Crippen molar-refractivity contribution in [3.63, 3.8) is 0 Å². The van der Waals surface area contributed by atoms with Crippen LogP contribution in [0.15, 0.2) is 12.5 Å². The number of aromatic amines is 1. The normalized spacial score (nSPS) is 14.7. The second kappa shape index (κ2) is 10.8. The van der Waals surface area contributed by atoms with Gasteiger partial charge in [-0.1, -0.05) is 0 Å². The molecule has 0 aliphatic rings. The van der Waals surface area contributed by atoms with Crippen molar-refractivity contribution < 1.29 is 34.2 Å². The van der Waals surface area contributed by atoms with E-state index in [4.69, 9.17) is 15.9 Å². The highest BCUT2D eigenvalue weighted by Crippen LogP contribution is 2.00. The number of carbonyl (C=O) groups is 5. The van der Waals surface area contributed by atoms with E-state index in [1.165, 1.54) is 26.4 Å². The molecule has 3 amide bonds. The first-order valence-electron chi connectivity index (χ1n) is 8.59. The van der Waals surface area contributed by atoms with Crippen LogP contribution in [0.4, 0.5) is 0 Å². The Morgan fingerprint density at radius 3 is 2.17 bits per heavy atom. The maximum absolute atomic E-state index is 12.3. The highest BCUT2D eigenvalue weighted by molar-refractivity contribution is 5.95. The second-order valence-corrected chi connectivity index (χ2v) is 6.35. The van der Waals surface area contributed by atoms with Gasteiger partial charge in [0.2, 0.25) is 17.7 Å². The lowest BCUT2D eigenvalue weighted by atomic mass is 10.1. The first kappa shape index (κ1) is 23.6. The number of nitrogens with one attached hydrogen (secondary N) is 4. The van der Waals surface area contributed by atoms with Crippen molar-refractivity contribution in [2.24, 2.45) is 5.73 Å². The average Bonchev–Trinajstić information content (AvgIpc) is 3.13. The first-order chi connectivity index (χ1) is 13.5. The number of aromatic nitrogens is 2. The van der Waals surface area contributed by atoms with E-state index in [1.807, 2.05) is 0 Å². The summed E-state index contributed by atoms with van der Waals surface area (Å²) in [6.07, 6.45) is 2.21. The minimum atomic E-state index is -1.49. The Kier molecular flexibility index (Phi) is 8.73. The van der Waals surface area contributed by atoms with Gasteiger partial charge >= 0.3 is 11.9 Å². The van der Waals surface area contributed by atoms with Gasteiger partial charge in [0.1, 0.15) is 18.1 Å². The molecule has 1 aromatic heterocycles. The molecule has 0 aliphatic heterocycles. The van der Waals surface area contributed by atoms with Gasteiger partial charge in [0, 0.05) is 18.3 Å². The molecule has 13 heteroatoms. The Morgan fingerprint density at radius 1 is 1.03 bits per heavy atom. The van der Waals surface area contributed by atoms with Crippen molar-refractivity contribution in [1.29, 1.82) is 0 Å². The van der Waals surface area contributed by atoms with Crippen LogP contribution >= 0.6 is 0 Å². The van der Waals surface area contributed by atoms with Crippen molar-refractivity contribution in [3.05, 3.63) is 18.2 Å². The van der Waals surface area contributed by atoms with Gasteiger partial charge in [-0.15, -0.1) is 0 Å². The molecule has 1 aromatic rings. The zero-order valence-electron chi connectivity index (χ0n) is 15.8. The summed E-state index contributed by atoms with van der Waals surface area (Å²) >= 11 is 0. The van der Waals surface area contributed by atoms with E-state index < -0.39 is 60.2 Å². The van der Waals surface area contributed by atoms with Gasteiger partial charge < -0.3 is 36.9 Å². The van der Waals surface area contributed by atoms with E-state index in [1.54, 1.807) is 0 Å². The number of nitrogens with zero attached hydrogens (tertiary/aromatic N) is 1. The molecule has 4 unspecified atom stereocenters. The summed E-state index contributed by atoms with van der Waals surface area (Å²) in [6.45, 7) is 2.52. The van der Waals surface area contributed by atoms with Gasteiger partial charge in [-0.05, 0) is 13.8 Å². The van der Waals surface area contributed by atoms with Gasteiger partial charge in [0.15, 0.2) is 0 Å². The fourth-order valence-corrected chi connectivity index (χ4v) is 2.17. The molecule has 0 bridgehead atoms. The number of rotatable bonds is 11. The van der Waals surface area contributed by atoms with Gasteiger partial charge in [-0.25, -0.2) is 4.98 Å². The molecule has 0 radical (unpaired) electrons. The monoisotopic (exact) mass is 412 g/mol. The van der Waals surface area contributed by atoms with Crippen LogP contribution in [0.25, 0.3) is 0 Å². The molecule has 0 fully saturated rings. The van der Waals surface area contributed by atoms with Crippen LogP contribution in [0, 0.1) is 0 Å². The van der Waals surface area contributed by atoms with Crippen LogP contribution < -0.4 is 21.7 Å². The zero-order chi connectivity index (χ0) is 22.1. The Bertz CT molecular complexity index is 751. The molecule has 29 heavy (non-hydrogen) atoms. The number of H-pyrrole nitrogens is 1. The molecule has 0 aliphatic carbocycles. The Hall–Kier alpha value is -3.48. The minimum Gasteiger partial charge on any atom is -0.481 e. The van der Waals surface area contributed by atoms with Gasteiger partial charge in [-0.2, -0.15) is 0 Å². The number of carbonyl (C=O) groups excluding carboxylic acids is 3. The highest BCUT2D eigenvalue weighted by atomic mass is 16.4.